The maximum absolute atomic E-state index is 4.25. The van der Waals surface area contributed by atoms with Gasteiger partial charge < -0.3 is 10.6 Å². The SMILES string of the molecule is [NH3+][C@H](C[NH+]1CCCC1)c1ccccc1. The average molecular weight is 192 g/mol. The van der Waals surface area contributed by atoms with Gasteiger partial charge in [0.25, 0.3) is 0 Å². The van der Waals surface area contributed by atoms with E-state index in [4.69, 9.17) is 0 Å². The average Bonchev–Trinajstić information content (AvgIpc) is 2.72. The minimum Gasteiger partial charge on any atom is -0.347 e. The second-order valence-electron chi connectivity index (χ2n) is 4.27. The summed E-state index contributed by atoms with van der Waals surface area (Å²) in [6.07, 6.45) is 2.80. The number of rotatable bonds is 3. The van der Waals surface area contributed by atoms with E-state index in [0.29, 0.717) is 6.04 Å². The van der Waals surface area contributed by atoms with Crippen molar-refractivity contribution in [1.29, 1.82) is 0 Å². The van der Waals surface area contributed by atoms with Gasteiger partial charge in [-0.25, -0.2) is 0 Å². The molecule has 4 N–H and O–H groups in total. The number of benzene rings is 1. The summed E-state index contributed by atoms with van der Waals surface area (Å²) in [5, 5.41) is 0. The van der Waals surface area contributed by atoms with Gasteiger partial charge in [-0.15, -0.1) is 0 Å². The summed E-state index contributed by atoms with van der Waals surface area (Å²) in [5.41, 5.74) is 5.63. The van der Waals surface area contributed by atoms with Crippen LogP contribution in [0.1, 0.15) is 24.4 Å². The number of quaternary nitrogens is 2. The highest BCUT2D eigenvalue weighted by Crippen LogP contribution is 2.05. The van der Waals surface area contributed by atoms with Gasteiger partial charge in [0.05, 0.1) is 13.1 Å². The van der Waals surface area contributed by atoms with Crippen molar-refractivity contribution in [1.82, 2.24) is 0 Å². The molecule has 0 aliphatic carbocycles. The van der Waals surface area contributed by atoms with Crippen LogP contribution in [0.15, 0.2) is 30.3 Å². The fourth-order valence-corrected chi connectivity index (χ4v) is 2.27. The quantitative estimate of drug-likeness (QED) is 0.656. The van der Waals surface area contributed by atoms with Gasteiger partial charge in [-0.2, -0.15) is 0 Å². The van der Waals surface area contributed by atoms with Crippen molar-refractivity contribution in [3.8, 4) is 0 Å². The molecule has 0 saturated carbocycles. The topological polar surface area (TPSA) is 32.1 Å². The van der Waals surface area contributed by atoms with Gasteiger partial charge >= 0.3 is 0 Å². The first-order valence-electron chi connectivity index (χ1n) is 5.58. The molecule has 0 spiro atoms. The maximum Gasteiger partial charge on any atom is 0.160 e. The standard InChI is InChI=1S/C12H18N2/c13-12(10-14-8-4-5-9-14)11-6-2-1-3-7-11/h1-3,6-7,12H,4-5,8-10,13H2/p+2/t12-/m1/s1. The van der Waals surface area contributed by atoms with Gasteiger partial charge in [-0.3, -0.25) is 0 Å². The minimum atomic E-state index is 0.462. The van der Waals surface area contributed by atoms with Crippen LogP contribution < -0.4 is 10.6 Å². The molecule has 0 aromatic heterocycles. The number of hydrogen-bond donors (Lipinski definition) is 2. The molecule has 76 valence electrons. The first-order chi connectivity index (χ1) is 6.86. The molecule has 0 unspecified atom stereocenters. The summed E-state index contributed by atoms with van der Waals surface area (Å²) in [4.78, 5) is 1.73. The summed E-state index contributed by atoms with van der Waals surface area (Å²) in [5.74, 6) is 0. The summed E-state index contributed by atoms with van der Waals surface area (Å²) in [7, 11) is 0. The second kappa shape index (κ2) is 4.58. The van der Waals surface area contributed by atoms with E-state index in [2.05, 4.69) is 36.1 Å². The minimum absolute atomic E-state index is 0.462. The largest absolute Gasteiger partial charge is 0.347 e. The molecule has 0 bridgehead atoms. The normalized spacial score (nSPS) is 19.8. The van der Waals surface area contributed by atoms with Gasteiger partial charge in [0.15, 0.2) is 6.04 Å². The predicted octanol–water partition coefficient (Wildman–Crippen LogP) is -0.352. The third-order valence-corrected chi connectivity index (χ3v) is 3.12. The van der Waals surface area contributed by atoms with Crippen LogP contribution in [0, 0.1) is 0 Å². The van der Waals surface area contributed by atoms with Gasteiger partial charge in [0, 0.05) is 18.4 Å². The molecule has 1 aromatic rings. The van der Waals surface area contributed by atoms with E-state index in [9.17, 15) is 0 Å². The van der Waals surface area contributed by atoms with Crippen LogP contribution in [-0.4, -0.2) is 19.6 Å². The van der Waals surface area contributed by atoms with Crippen LogP contribution in [0.3, 0.4) is 0 Å². The lowest BCUT2D eigenvalue weighted by molar-refractivity contribution is -0.898. The van der Waals surface area contributed by atoms with Crippen molar-refractivity contribution in [2.45, 2.75) is 18.9 Å². The molecule has 1 heterocycles. The summed E-state index contributed by atoms with van der Waals surface area (Å²) in [6, 6.07) is 11.1. The van der Waals surface area contributed by atoms with Crippen LogP contribution >= 0.6 is 0 Å². The van der Waals surface area contributed by atoms with E-state index in [1.807, 2.05) is 0 Å². The maximum atomic E-state index is 4.25. The Morgan fingerprint density at radius 3 is 2.43 bits per heavy atom. The van der Waals surface area contributed by atoms with Crippen LogP contribution in [-0.2, 0) is 0 Å². The number of likely N-dealkylation sites (tertiary alicyclic amines) is 1. The molecule has 0 amide bonds. The molecule has 1 aliphatic rings. The van der Waals surface area contributed by atoms with Crippen molar-refractivity contribution in [3.63, 3.8) is 0 Å². The molecule has 2 nitrogen and oxygen atoms in total. The predicted molar refractivity (Wildman–Crippen MR) is 56.9 cm³/mol. The van der Waals surface area contributed by atoms with Gasteiger partial charge in [-0.05, 0) is 0 Å². The second-order valence-corrected chi connectivity index (χ2v) is 4.27. The van der Waals surface area contributed by atoms with E-state index in [1.165, 1.54) is 38.0 Å². The third kappa shape index (κ3) is 2.34. The van der Waals surface area contributed by atoms with Crippen molar-refractivity contribution >= 4 is 0 Å². The molecular weight excluding hydrogens is 172 g/mol. The fourth-order valence-electron chi connectivity index (χ4n) is 2.27. The zero-order chi connectivity index (χ0) is 9.80. The van der Waals surface area contributed by atoms with E-state index in [0.717, 1.165) is 0 Å². The zero-order valence-electron chi connectivity index (χ0n) is 8.71. The van der Waals surface area contributed by atoms with E-state index >= 15 is 0 Å². The molecule has 1 aliphatic heterocycles. The molecule has 1 saturated heterocycles. The first kappa shape index (κ1) is 9.69. The molecule has 1 atom stereocenters. The molecule has 2 rings (SSSR count). The summed E-state index contributed by atoms with van der Waals surface area (Å²) in [6.45, 7) is 3.89. The third-order valence-electron chi connectivity index (χ3n) is 3.12. The van der Waals surface area contributed by atoms with Crippen molar-refractivity contribution in [2.24, 2.45) is 0 Å². The van der Waals surface area contributed by atoms with Crippen LogP contribution in [0.25, 0.3) is 0 Å². The van der Waals surface area contributed by atoms with Crippen molar-refractivity contribution in [3.05, 3.63) is 35.9 Å². The highest BCUT2D eigenvalue weighted by molar-refractivity contribution is 5.16. The monoisotopic (exact) mass is 192 g/mol. The molecule has 14 heavy (non-hydrogen) atoms. The highest BCUT2D eigenvalue weighted by atomic mass is 15.1. The smallest absolute Gasteiger partial charge is 0.160 e. The van der Waals surface area contributed by atoms with Gasteiger partial charge in [-0.1, -0.05) is 30.3 Å². The first-order valence-corrected chi connectivity index (χ1v) is 5.58. The zero-order valence-corrected chi connectivity index (χ0v) is 8.71. The Bertz CT molecular complexity index is 265. The lowest BCUT2D eigenvalue weighted by Gasteiger charge is -2.15. The van der Waals surface area contributed by atoms with Crippen LogP contribution in [0.5, 0.6) is 0 Å². The Hall–Kier alpha value is -0.860. The van der Waals surface area contributed by atoms with E-state index in [1.54, 1.807) is 4.90 Å². The van der Waals surface area contributed by atoms with Gasteiger partial charge in [0.1, 0.15) is 6.54 Å². The Balaban J connectivity index is 1.92. The Morgan fingerprint density at radius 2 is 1.79 bits per heavy atom. The molecular formula is C12H20N2+2. The van der Waals surface area contributed by atoms with Crippen molar-refractivity contribution in [2.75, 3.05) is 19.6 Å². The van der Waals surface area contributed by atoms with Gasteiger partial charge in [0.2, 0.25) is 0 Å². The molecule has 1 aromatic carbocycles. The van der Waals surface area contributed by atoms with E-state index in [-0.39, 0.29) is 0 Å². The number of hydrogen-bond acceptors (Lipinski definition) is 0. The lowest BCUT2D eigenvalue weighted by atomic mass is 10.1. The van der Waals surface area contributed by atoms with Crippen molar-refractivity contribution < 1.29 is 10.6 Å². The fraction of sp³-hybridized carbons (Fsp3) is 0.500. The Morgan fingerprint density at radius 1 is 1.14 bits per heavy atom. The Kier molecular flexibility index (Phi) is 3.17. The van der Waals surface area contributed by atoms with Crippen LogP contribution in [0.2, 0.25) is 0 Å². The Labute approximate surface area is 85.7 Å². The lowest BCUT2D eigenvalue weighted by Crippen LogP contribution is -3.11. The summed E-state index contributed by atoms with van der Waals surface area (Å²) < 4.78 is 0. The van der Waals surface area contributed by atoms with E-state index < -0.39 is 0 Å². The molecule has 2 heteroatoms. The van der Waals surface area contributed by atoms with Crippen LogP contribution in [0.4, 0.5) is 0 Å². The molecule has 1 fully saturated rings. The number of nitrogens with one attached hydrogen (secondary N) is 1. The molecule has 0 radical (unpaired) electrons. The summed E-state index contributed by atoms with van der Waals surface area (Å²) >= 11 is 0. The highest BCUT2D eigenvalue weighted by Gasteiger charge is 2.21.